The summed E-state index contributed by atoms with van der Waals surface area (Å²) in [5.41, 5.74) is 2.22. The number of rotatable bonds is 3. The zero-order chi connectivity index (χ0) is 15.4. The van der Waals surface area contributed by atoms with Crippen molar-refractivity contribution in [2.75, 3.05) is 0 Å². The van der Waals surface area contributed by atoms with Crippen molar-refractivity contribution in [3.05, 3.63) is 96.1 Å². The largest absolute Gasteiger partial charge is 0.369 e. The fourth-order valence-corrected chi connectivity index (χ4v) is 2.55. The van der Waals surface area contributed by atoms with Crippen molar-refractivity contribution in [1.82, 2.24) is 0 Å². The van der Waals surface area contributed by atoms with Crippen LogP contribution in [0.25, 0.3) is 11.1 Å². The highest BCUT2D eigenvalue weighted by Crippen LogP contribution is 2.30. The second-order valence-corrected chi connectivity index (χ2v) is 5.16. The molecule has 22 heavy (non-hydrogen) atoms. The molecule has 1 atom stereocenters. The molecule has 1 nitrogen and oxygen atoms in total. The zero-order valence-corrected chi connectivity index (χ0v) is 12.1. The molecule has 0 aliphatic rings. The van der Waals surface area contributed by atoms with Gasteiger partial charge in [0.15, 0.2) is 5.60 Å². The maximum Gasteiger partial charge on any atom is 0.176 e. The smallest absolute Gasteiger partial charge is 0.176 e. The van der Waals surface area contributed by atoms with Crippen LogP contribution in [0.2, 0.25) is 0 Å². The normalized spacial score (nSPS) is 13.1. The average Bonchev–Trinajstić information content (AvgIpc) is 2.63. The number of terminal acetylenes is 1. The molecular formula is C21H16O. The Bertz CT molecular complexity index is 783. The van der Waals surface area contributed by atoms with E-state index in [0.717, 1.165) is 11.1 Å². The third-order valence-electron chi connectivity index (χ3n) is 3.81. The Morgan fingerprint density at radius 2 is 1.09 bits per heavy atom. The first-order valence-electron chi connectivity index (χ1n) is 7.16. The van der Waals surface area contributed by atoms with Crippen LogP contribution in [0.15, 0.2) is 84.9 Å². The topological polar surface area (TPSA) is 20.2 Å². The Kier molecular flexibility index (Phi) is 3.78. The van der Waals surface area contributed by atoms with Gasteiger partial charge < -0.3 is 5.11 Å². The number of benzene rings is 3. The van der Waals surface area contributed by atoms with E-state index in [9.17, 15) is 5.11 Å². The molecule has 0 bridgehead atoms. The molecule has 0 aromatic heterocycles. The van der Waals surface area contributed by atoms with Gasteiger partial charge in [-0.25, -0.2) is 0 Å². The number of hydrogen-bond acceptors (Lipinski definition) is 1. The summed E-state index contributed by atoms with van der Waals surface area (Å²) in [6, 6.07) is 27.2. The molecule has 0 aliphatic heterocycles. The molecule has 1 heteroatoms. The van der Waals surface area contributed by atoms with Crippen LogP contribution < -0.4 is 0 Å². The maximum atomic E-state index is 10.9. The lowest BCUT2D eigenvalue weighted by Crippen LogP contribution is -2.24. The predicted octanol–water partition coefficient (Wildman–Crippen LogP) is 4.22. The molecule has 0 spiro atoms. The second kappa shape index (κ2) is 5.89. The molecule has 1 unspecified atom stereocenters. The molecule has 3 aromatic carbocycles. The Morgan fingerprint density at radius 1 is 0.636 bits per heavy atom. The summed E-state index contributed by atoms with van der Waals surface area (Å²) in [5.74, 6) is 2.53. The van der Waals surface area contributed by atoms with Gasteiger partial charge in [0.2, 0.25) is 0 Å². The highest BCUT2D eigenvalue weighted by molar-refractivity contribution is 5.64. The summed E-state index contributed by atoms with van der Waals surface area (Å²) in [4.78, 5) is 0. The van der Waals surface area contributed by atoms with Gasteiger partial charge in [-0.15, -0.1) is 6.42 Å². The van der Waals surface area contributed by atoms with Gasteiger partial charge in [0, 0.05) is 11.1 Å². The number of aliphatic hydroxyl groups is 1. The van der Waals surface area contributed by atoms with Gasteiger partial charge in [0.1, 0.15) is 0 Å². The van der Waals surface area contributed by atoms with Crippen LogP contribution in [0.4, 0.5) is 0 Å². The summed E-state index contributed by atoms with van der Waals surface area (Å²) >= 11 is 0. The van der Waals surface area contributed by atoms with Crippen LogP contribution in [0.5, 0.6) is 0 Å². The Morgan fingerprint density at radius 3 is 1.64 bits per heavy atom. The van der Waals surface area contributed by atoms with Gasteiger partial charge in [0.05, 0.1) is 0 Å². The van der Waals surface area contributed by atoms with E-state index in [2.05, 4.69) is 18.1 Å². The van der Waals surface area contributed by atoms with E-state index in [4.69, 9.17) is 6.42 Å². The van der Waals surface area contributed by atoms with Gasteiger partial charge in [-0.3, -0.25) is 0 Å². The van der Waals surface area contributed by atoms with E-state index >= 15 is 0 Å². The van der Waals surface area contributed by atoms with Crippen molar-refractivity contribution >= 4 is 0 Å². The summed E-state index contributed by atoms with van der Waals surface area (Å²) in [6.07, 6.45) is 5.62. The van der Waals surface area contributed by atoms with E-state index in [0.29, 0.717) is 11.1 Å². The molecule has 0 saturated heterocycles. The molecule has 0 saturated carbocycles. The lowest BCUT2D eigenvalue weighted by molar-refractivity contribution is 0.145. The Hall–Kier alpha value is -2.82. The molecule has 0 radical (unpaired) electrons. The predicted molar refractivity (Wildman–Crippen MR) is 90.2 cm³/mol. The minimum absolute atomic E-state index is 0.695. The third-order valence-corrected chi connectivity index (χ3v) is 3.81. The average molecular weight is 284 g/mol. The first-order valence-corrected chi connectivity index (χ1v) is 7.16. The zero-order valence-electron chi connectivity index (χ0n) is 12.1. The third kappa shape index (κ3) is 2.53. The molecule has 1 N–H and O–H groups in total. The molecular weight excluding hydrogens is 268 g/mol. The van der Waals surface area contributed by atoms with Crippen LogP contribution in [0.1, 0.15) is 11.1 Å². The molecule has 106 valence electrons. The van der Waals surface area contributed by atoms with Gasteiger partial charge >= 0.3 is 0 Å². The summed E-state index contributed by atoms with van der Waals surface area (Å²) < 4.78 is 0. The minimum Gasteiger partial charge on any atom is -0.369 e. The summed E-state index contributed by atoms with van der Waals surface area (Å²) in [5, 5.41) is 10.9. The molecule has 0 amide bonds. The van der Waals surface area contributed by atoms with Crippen LogP contribution in [0, 0.1) is 12.3 Å². The van der Waals surface area contributed by atoms with Crippen molar-refractivity contribution in [2.45, 2.75) is 5.60 Å². The molecule has 3 aromatic rings. The maximum absolute atomic E-state index is 10.9. The quantitative estimate of drug-likeness (QED) is 0.714. The van der Waals surface area contributed by atoms with Crippen molar-refractivity contribution in [3.63, 3.8) is 0 Å². The Labute approximate surface area is 130 Å². The highest BCUT2D eigenvalue weighted by atomic mass is 16.3. The van der Waals surface area contributed by atoms with Crippen LogP contribution >= 0.6 is 0 Å². The molecule has 3 rings (SSSR count). The van der Waals surface area contributed by atoms with E-state index in [-0.39, 0.29) is 0 Å². The van der Waals surface area contributed by atoms with Crippen molar-refractivity contribution in [1.29, 1.82) is 0 Å². The lowest BCUT2D eigenvalue weighted by Gasteiger charge is -2.23. The van der Waals surface area contributed by atoms with E-state index in [1.54, 1.807) is 0 Å². The lowest BCUT2D eigenvalue weighted by atomic mass is 9.86. The van der Waals surface area contributed by atoms with E-state index < -0.39 is 5.60 Å². The summed E-state index contributed by atoms with van der Waals surface area (Å²) in [7, 11) is 0. The van der Waals surface area contributed by atoms with E-state index in [1.165, 1.54) is 0 Å². The molecule has 0 aliphatic carbocycles. The number of hydrogen-bond donors (Lipinski definition) is 1. The molecule has 0 fully saturated rings. The van der Waals surface area contributed by atoms with E-state index in [1.807, 2.05) is 72.8 Å². The standard InChI is InChI=1S/C21H16O/c1-2-21(22,19-11-7-4-8-12-19)20-15-13-18(14-16-20)17-9-5-3-6-10-17/h1,3-16,22H. The van der Waals surface area contributed by atoms with Crippen molar-refractivity contribution in [2.24, 2.45) is 0 Å². The van der Waals surface area contributed by atoms with Crippen LogP contribution in [-0.2, 0) is 5.60 Å². The summed E-state index contributed by atoms with van der Waals surface area (Å²) in [6.45, 7) is 0. The van der Waals surface area contributed by atoms with Gasteiger partial charge in [-0.2, -0.15) is 0 Å². The van der Waals surface area contributed by atoms with Gasteiger partial charge in [-0.1, -0.05) is 90.8 Å². The van der Waals surface area contributed by atoms with Crippen molar-refractivity contribution in [3.8, 4) is 23.5 Å². The Balaban J connectivity index is 2.00. The van der Waals surface area contributed by atoms with Crippen molar-refractivity contribution < 1.29 is 5.11 Å². The first kappa shape index (κ1) is 14.1. The first-order chi connectivity index (χ1) is 10.7. The SMILES string of the molecule is C#CC(O)(c1ccccc1)c1ccc(-c2ccccc2)cc1. The van der Waals surface area contributed by atoms with Gasteiger partial charge in [-0.05, 0) is 11.1 Å². The highest BCUT2D eigenvalue weighted by Gasteiger charge is 2.28. The van der Waals surface area contributed by atoms with Gasteiger partial charge in [0.25, 0.3) is 0 Å². The fourth-order valence-electron chi connectivity index (χ4n) is 2.55. The fraction of sp³-hybridized carbons (Fsp3) is 0.0476. The molecule has 0 heterocycles. The monoisotopic (exact) mass is 284 g/mol. The van der Waals surface area contributed by atoms with Crippen LogP contribution in [-0.4, -0.2) is 5.11 Å². The van der Waals surface area contributed by atoms with Crippen LogP contribution in [0.3, 0.4) is 0 Å². The second-order valence-electron chi connectivity index (χ2n) is 5.16. The minimum atomic E-state index is -1.41.